The summed E-state index contributed by atoms with van der Waals surface area (Å²) in [4.78, 5) is 27.3. The van der Waals surface area contributed by atoms with Gasteiger partial charge in [-0.3, -0.25) is 4.79 Å². The lowest BCUT2D eigenvalue weighted by Gasteiger charge is -2.14. The van der Waals surface area contributed by atoms with Gasteiger partial charge in [-0.25, -0.2) is 9.78 Å². The Morgan fingerprint density at radius 2 is 1.95 bits per heavy atom. The van der Waals surface area contributed by atoms with Crippen LogP contribution < -0.4 is 5.32 Å². The summed E-state index contributed by atoms with van der Waals surface area (Å²) in [5.74, 6) is -1.51. The number of halogens is 1. The molecule has 0 aliphatic carbocycles. The summed E-state index contributed by atoms with van der Waals surface area (Å²) < 4.78 is 0.519. The Bertz CT molecular complexity index is 646. The average Bonchev–Trinajstić information content (AvgIpc) is 2.47. The van der Waals surface area contributed by atoms with Gasteiger partial charge in [0, 0.05) is 18.2 Å². The molecule has 1 atom stereocenters. The number of aromatic nitrogens is 1. The summed E-state index contributed by atoms with van der Waals surface area (Å²) in [5.41, 5.74) is 1.21. The molecule has 0 spiro atoms. The highest BCUT2D eigenvalue weighted by molar-refractivity contribution is 9.10. The summed E-state index contributed by atoms with van der Waals surface area (Å²) in [6.07, 6.45) is 1.71. The van der Waals surface area contributed by atoms with Crippen LogP contribution in [-0.4, -0.2) is 28.0 Å². The zero-order valence-corrected chi connectivity index (χ0v) is 12.6. The van der Waals surface area contributed by atoms with Crippen LogP contribution in [0, 0.1) is 0 Å². The second kappa shape index (κ2) is 6.99. The van der Waals surface area contributed by atoms with E-state index < -0.39 is 17.9 Å². The molecular weight excluding hydrogens is 336 g/mol. The van der Waals surface area contributed by atoms with Crippen molar-refractivity contribution in [1.29, 1.82) is 0 Å². The van der Waals surface area contributed by atoms with Crippen LogP contribution in [0.3, 0.4) is 0 Å². The van der Waals surface area contributed by atoms with Gasteiger partial charge in [0.05, 0.1) is 0 Å². The standard InChI is InChI=1S/C15H13BrN2O3/c16-13-9-11(6-7-17-13)14(19)18-12(15(20)21)8-10-4-2-1-3-5-10/h1-7,9,12H,8H2,(H,18,19)(H,20,21). The molecule has 1 heterocycles. The molecule has 1 aromatic heterocycles. The Hall–Kier alpha value is -2.21. The van der Waals surface area contributed by atoms with E-state index in [4.69, 9.17) is 0 Å². The van der Waals surface area contributed by atoms with E-state index >= 15 is 0 Å². The molecule has 1 amide bonds. The first kappa shape index (κ1) is 15.2. The van der Waals surface area contributed by atoms with E-state index in [0.29, 0.717) is 10.2 Å². The predicted octanol–water partition coefficient (Wildman–Crippen LogP) is 2.27. The van der Waals surface area contributed by atoms with Crippen LogP contribution in [0.1, 0.15) is 15.9 Å². The maximum atomic E-state index is 12.1. The van der Waals surface area contributed by atoms with E-state index in [2.05, 4.69) is 26.2 Å². The summed E-state index contributed by atoms with van der Waals surface area (Å²) in [6, 6.07) is 11.2. The van der Waals surface area contributed by atoms with Crippen molar-refractivity contribution < 1.29 is 14.7 Å². The van der Waals surface area contributed by atoms with Gasteiger partial charge >= 0.3 is 5.97 Å². The highest BCUT2D eigenvalue weighted by atomic mass is 79.9. The molecule has 21 heavy (non-hydrogen) atoms. The number of pyridine rings is 1. The monoisotopic (exact) mass is 348 g/mol. The van der Waals surface area contributed by atoms with E-state index in [-0.39, 0.29) is 6.42 Å². The molecule has 0 saturated carbocycles. The molecular formula is C15H13BrN2O3. The molecule has 2 aromatic rings. The fourth-order valence-electron chi connectivity index (χ4n) is 1.84. The van der Waals surface area contributed by atoms with Crippen molar-refractivity contribution in [2.75, 3.05) is 0 Å². The number of amides is 1. The Labute approximate surface area is 130 Å². The molecule has 0 bridgehead atoms. The number of carboxylic acid groups (broad SMARTS) is 1. The van der Waals surface area contributed by atoms with Gasteiger partial charge in [0.2, 0.25) is 0 Å². The molecule has 0 radical (unpaired) electrons. The smallest absolute Gasteiger partial charge is 0.326 e. The Morgan fingerprint density at radius 3 is 2.57 bits per heavy atom. The first-order valence-corrected chi connectivity index (χ1v) is 7.04. The molecule has 0 aliphatic heterocycles. The number of hydrogen-bond acceptors (Lipinski definition) is 3. The predicted molar refractivity (Wildman–Crippen MR) is 81.0 cm³/mol. The summed E-state index contributed by atoms with van der Waals surface area (Å²) >= 11 is 3.17. The minimum Gasteiger partial charge on any atom is -0.480 e. The summed E-state index contributed by atoms with van der Waals surface area (Å²) in [7, 11) is 0. The fourth-order valence-corrected chi connectivity index (χ4v) is 2.20. The molecule has 0 fully saturated rings. The highest BCUT2D eigenvalue weighted by Gasteiger charge is 2.21. The lowest BCUT2D eigenvalue weighted by molar-refractivity contribution is -0.139. The number of carbonyl (C=O) groups is 2. The molecule has 0 aliphatic rings. The molecule has 1 unspecified atom stereocenters. The number of rotatable bonds is 5. The lowest BCUT2D eigenvalue weighted by atomic mass is 10.1. The fraction of sp³-hybridized carbons (Fsp3) is 0.133. The third-order valence-electron chi connectivity index (χ3n) is 2.87. The lowest BCUT2D eigenvalue weighted by Crippen LogP contribution is -2.42. The third kappa shape index (κ3) is 4.39. The number of nitrogens with zero attached hydrogens (tertiary/aromatic N) is 1. The van der Waals surface area contributed by atoms with Crippen LogP contribution in [0.25, 0.3) is 0 Å². The quantitative estimate of drug-likeness (QED) is 0.812. The molecule has 0 saturated heterocycles. The van der Waals surface area contributed by atoms with Crippen molar-refractivity contribution >= 4 is 27.8 Å². The molecule has 2 rings (SSSR count). The maximum absolute atomic E-state index is 12.1. The first-order chi connectivity index (χ1) is 10.1. The van der Waals surface area contributed by atoms with Crippen LogP contribution in [-0.2, 0) is 11.2 Å². The van der Waals surface area contributed by atoms with Crippen LogP contribution in [0.15, 0.2) is 53.3 Å². The van der Waals surface area contributed by atoms with Gasteiger partial charge < -0.3 is 10.4 Å². The number of carbonyl (C=O) groups excluding carboxylic acids is 1. The van der Waals surface area contributed by atoms with Gasteiger partial charge in [0.15, 0.2) is 0 Å². The van der Waals surface area contributed by atoms with Crippen LogP contribution in [0.2, 0.25) is 0 Å². The minimum atomic E-state index is -1.07. The maximum Gasteiger partial charge on any atom is 0.326 e. The van der Waals surface area contributed by atoms with Gasteiger partial charge in [-0.05, 0) is 33.6 Å². The summed E-state index contributed by atoms with van der Waals surface area (Å²) in [6.45, 7) is 0. The molecule has 108 valence electrons. The molecule has 6 heteroatoms. The topological polar surface area (TPSA) is 79.3 Å². The van der Waals surface area contributed by atoms with Gasteiger partial charge in [-0.2, -0.15) is 0 Å². The number of nitrogens with one attached hydrogen (secondary N) is 1. The van der Waals surface area contributed by atoms with Crippen molar-refractivity contribution in [3.8, 4) is 0 Å². The van der Waals surface area contributed by atoms with Gasteiger partial charge in [-0.1, -0.05) is 30.3 Å². The second-order valence-corrected chi connectivity index (χ2v) is 5.23. The Kier molecular flexibility index (Phi) is 5.05. The highest BCUT2D eigenvalue weighted by Crippen LogP contribution is 2.09. The second-order valence-electron chi connectivity index (χ2n) is 4.42. The van der Waals surface area contributed by atoms with Crippen LogP contribution in [0.5, 0.6) is 0 Å². The number of carboxylic acids is 1. The zero-order chi connectivity index (χ0) is 15.2. The van der Waals surface area contributed by atoms with E-state index in [9.17, 15) is 14.7 Å². The zero-order valence-electron chi connectivity index (χ0n) is 11.0. The number of aliphatic carboxylic acids is 1. The van der Waals surface area contributed by atoms with Crippen LogP contribution >= 0.6 is 15.9 Å². The Balaban J connectivity index is 2.10. The Morgan fingerprint density at radius 1 is 1.24 bits per heavy atom. The SMILES string of the molecule is O=C(NC(Cc1ccccc1)C(=O)O)c1ccnc(Br)c1. The van der Waals surface area contributed by atoms with Crippen molar-refractivity contribution in [2.24, 2.45) is 0 Å². The normalized spacial score (nSPS) is 11.7. The van der Waals surface area contributed by atoms with Gasteiger partial charge in [0.25, 0.3) is 5.91 Å². The molecule has 2 N–H and O–H groups in total. The van der Waals surface area contributed by atoms with E-state index in [0.717, 1.165) is 5.56 Å². The minimum absolute atomic E-state index is 0.230. The third-order valence-corrected chi connectivity index (χ3v) is 3.31. The van der Waals surface area contributed by atoms with E-state index in [1.807, 2.05) is 30.3 Å². The van der Waals surface area contributed by atoms with Crippen molar-refractivity contribution in [1.82, 2.24) is 10.3 Å². The van der Waals surface area contributed by atoms with E-state index in [1.54, 1.807) is 0 Å². The average molecular weight is 349 g/mol. The van der Waals surface area contributed by atoms with Crippen molar-refractivity contribution in [3.05, 3.63) is 64.4 Å². The van der Waals surface area contributed by atoms with Crippen LogP contribution in [0.4, 0.5) is 0 Å². The number of benzene rings is 1. The van der Waals surface area contributed by atoms with Crippen molar-refractivity contribution in [2.45, 2.75) is 12.5 Å². The molecule has 1 aromatic carbocycles. The first-order valence-electron chi connectivity index (χ1n) is 6.25. The summed E-state index contributed by atoms with van der Waals surface area (Å²) in [5, 5.41) is 11.8. The van der Waals surface area contributed by atoms with E-state index in [1.165, 1.54) is 18.3 Å². The largest absolute Gasteiger partial charge is 0.480 e. The van der Waals surface area contributed by atoms with Gasteiger partial charge in [0.1, 0.15) is 10.6 Å². The molecule has 5 nitrogen and oxygen atoms in total. The van der Waals surface area contributed by atoms with Gasteiger partial charge in [-0.15, -0.1) is 0 Å². The van der Waals surface area contributed by atoms with Crippen molar-refractivity contribution in [3.63, 3.8) is 0 Å². The number of hydrogen-bond donors (Lipinski definition) is 2.